The summed E-state index contributed by atoms with van der Waals surface area (Å²) in [4.78, 5) is 0. The molecule has 0 bridgehead atoms. The molecule has 2 atom stereocenters. The molecule has 2 heteroatoms. The van der Waals surface area contributed by atoms with Gasteiger partial charge in [0.15, 0.2) is 0 Å². The summed E-state index contributed by atoms with van der Waals surface area (Å²) in [5.74, 6) is 1.24. The van der Waals surface area contributed by atoms with Gasteiger partial charge in [0.1, 0.15) is 5.75 Å². The standard InChI is InChI=1S/C18H29NO/c1-3-16(14-10-6-5-7-11-14)19-17(4-2)15-12-8-9-13-18(15)20/h8-9,12-14,16-17,19-20H,3-7,10-11H2,1-2H3. The van der Waals surface area contributed by atoms with Crippen molar-refractivity contribution in [2.75, 3.05) is 0 Å². The zero-order valence-electron chi connectivity index (χ0n) is 12.9. The fourth-order valence-corrected chi connectivity index (χ4v) is 3.59. The summed E-state index contributed by atoms with van der Waals surface area (Å²) in [6.45, 7) is 4.47. The highest BCUT2D eigenvalue weighted by Gasteiger charge is 2.25. The highest BCUT2D eigenvalue weighted by molar-refractivity contribution is 5.34. The van der Waals surface area contributed by atoms with Crippen LogP contribution in [0.25, 0.3) is 0 Å². The molecule has 1 fully saturated rings. The Labute approximate surface area is 123 Å². The molecular weight excluding hydrogens is 246 g/mol. The van der Waals surface area contributed by atoms with Crippen molar-refractivity contribution in [3.8, 4) is 5.75 Å². The van der Waals surface area contributed by atoms with Gasteiger partial charge in [0.25, 0.3) is 0 Å². The second kappa shape index (κ2) is 7.68. The number of para-hydroxylation sites is 1. The van der Waals surface area contributed by atoms with Crippen molar-refractivity contribution in [3.63, 3.8) is 0 Å². The minimum Gasteiger partial charge on any atom is -0.508 e. The Kier molecular flexibility index (Phi) is 5.90. The van der Waals surface area contributed by atoms with Crippen molar-refractivity contribution in [3.05, 3.63) is 29.8 Å². The lowest BCUT2D eigenvalue weighted by atomic mass is 9.82. The fraction of sp³-hybridized carbons (Fsp3) is 0.667. The predicted octanol–water partition coefficient (Wildman–Crippen LogP) is 4.79. The zero-order chi connectivity index (χ0) is 14.4. The summed E-state index contributed by atoms with van der Waals surface area (Å²) < 4.78 is 0. The molecule has 2 N–H and O–H groups in total. The molecule has 0 saturated heterocycles. The van der Waals surface area contributed by atoms with Crippen molar-refractivity contribution in [1.82, 2.24) is 5.32 Å². The number of hydrogen-bond donors (Lipinski definition) is 2. The summed E-state index contributed by atoms with van der Waals surface area (Å²) in [5.41, 5.74) is 1.05. The third-order valence-corrected chi connectivity index (χ3v) is 4.79. The van der Waals surface area contributed by atoms with E-state index in [1.54, 1.807) is 6.07 Å². The molecule has 112 valence electrons. The van der Waals surface area contributed by atoms with E-state index in [0.29, 0.717) is 11.8 Å². The van der Waals surface area contributed by atoms with E-state index in [9.17, 15) is 5.11 Å². The second-order valence-electron chi connectivity index (χ2n) is 6.10. The van der Waals surface area contributed by atoms with Gasteiger partial charge >= 0.3 is 0 Å². The molecule has 0 aromatic heterocycles. The van der Waals surface area contributed by atoms with Crippen LogP contribution in [0, 0.1) is 5.92 Å². The number of nitrogens with one attached hydrogen (secondary N) is 1. The van der Waals surface area contributed by atoms with Gasteiger partial charge in [-0.05, 0) is 37.7 Å². The maximum atomic E-state index is 10.1. The topological polar surface area (TPSA) is 32.3 Å². The minimum atomic E-state index is 0.267. The van der Waals surface area contributed by atoms with E-state index < -0.39 is 0 Å². The van der Waals surface area contributed by atoms with Crippen LogP contribution in [0.15, 0.2) is 24.3 Å². The van der Waals surface area contributed by atoms with Crippen molar-refractivity contribution in [2.24, 2.45) is 5.92 Å². The third-order valence-electron chi connectivity index (χ3n) is 4.79. The lowest BCUT2D eigenvalue weighted by molar-refractivity contribution is 0.242. The Morgan fingerprint density at radius 3 is 2.40 bits per heavy atom. The Morgan fingerprint density at radius 2 is 1.80 bits per heavy atom. The minimum absolute atomic E-state index is 0.267. The number of rotatable bonds is 6. The monoisotopic (exact) mass is 275 g/mol. The summed E-state index contributed by atoms with van der Waals surface area (Å²) >= 11 is 0. The lowest BCUT2D eigenvalue weighted by Crippen LogP contribution is -2.39. The van der Waals surface area contributed by atoms with Crippen LogP contribution in [0.2, 0.25) is 0 Å². The van der Waals surface area contributed by atoms with E-state index in [0.717, 1.165) is 17.9 Å². The van der Waals surface area contributed by atoms with Crippen molar-refractivity contribution in [2.45, 2.75) is 70.9 Å². The molecule has 2 unspecified atom stereocenters. The van der Waals surface area contributed by atoms with Crippen LogP contribution in [0.1, 0.15) is 70.4 Å². The summed E-state index contributed by atoms with van der Waals surface area (Å²) in [7, 11) is 0. The van der Waals surface area contributed by atoms with Gasteiger partial charge in [-0.3, -0.25) is 0 Å². The van der Waals surface area contributed by atoms with E-state index in [1.807, 2.05) is 18.2 Å². The van der Waals surface area contributed by atoms with Crippen LogP contribution in [0.5, 0.6) is 5.75 Å². The fourth-order valence-electron chi connectivity index (χ4n) is 3.59. The summed E-state index contributed by atoms with van der Waals surface area (Å²) in [6, 6.07) is 8.60. The number of aromatic hydroxyl groups is 1. The molecule has 1 aliphatic rings. The molecule has 1 aromatic rings. The highest BCUT2D eigenvalue weighted by atomic mass is 16.3. The molecule has 0 spiro atoms. The van der Waals surface area contributed by atoms with Crippen LogP contribution in [-0.2, 0) is 0 Å². The highest BCUT2D eigenvalue weighted by Crippen LogP contribution is 2.31. The molecular formula is C18H29NO. The average molecular weight is 275 g/mol. The largest absolute Gasteiger partial charge is 0.508 e. The van der Waals surface area contributed by atoms with E-state index in [2.05, 4.69) is 19.2 Å². The number of phenols is 1. The van der Waals surface area contributed by atoms with E-state index in [-0.39, 0.29) is 6.04 Å². The van der Waals surface area contributed by atoms with Crippen molar-refractivity contribution < 1.29 is 5.11 Å². The van der Waals surface area contributed by atoms with Crippen LogP contribution >= 0.6 is 0 Å². The third kappa shape index (κ3) is 3.76. The number of benzene rings is 1. The molecule has 1 saturated carbocycles. The number of hydrogen-bond acceptors (Lipinski definition) is 2. The molecule has 0 heterocycles. The van der Waals surface area contributed by atoms with Gasteiger partial charge in [-0.25, -0.2) is 0 Å². The second-order valence-corrected chi connectivity index (χ2v) is 6.10. The lowest BCUT2D eigenvalue weighted by Gasteiger charge is -2.33. The molecule has 1 aliphatic carbocycles. The van der Waals surface area contributed by atoms with Crippen LogP contribution in [0.3, 0.4) is 0 Å². The molecule has 20 heavy (non-hydrogen) atoms. The van der Waals surface area contributed by atoms with Gasteiger partial charge in [0.05, 0.1) is 0 Å². The Balaban J connectivity index is 2.05. The van der Waals surface area contributed by atoms with E-state index in [4.69, 9.17) is 0 Å². The van der Waals surface area contributed by atoms with Crippen molar-refractivity contribution >= 4 is 0 Å². The Bertz CT molecular complexity index is 398. The Hall–Kier alpha value is -1.02. The van der Waals surface area contributed by atoms with Gasteiger partial charge in [-0.15, -0.1) is 0 Å². The molecule has 2 rings (SSSR count). The van der Waals surface area contributed by atoms with E-state index in [1.165, 1.54) is 38.5 Å². The first kappa shape index (κ1) is 15.4. The van der Waals surface area contributed by atoms with Gasteiger partial charge in [0, 0.05) is 17.6 Å². The summed E-state index contributed by atoms with van der Waals surface area (Å²) in [5, 5.41) is 13.9. The molecule has 0 amide bonds. The molecule has 1 aromatic carbocycles. The van der Waals surface area contributed by atoms with Crippen LogP contribution < -0.4 is 5.32 Å². The van der Waals surface area contributed by atoms with Crippen LogP contribution in [0.4, 0.5) is 0 Å². The average Bonchev–Trinajstić information content (AvgIpc) is 2.50. The Morgan fingerprint density at radius 1 is 1.10 bits per heavy atom. The zero-order valence-corrected chi connectivity index (χ0v) is 12.9. The molecule has 0 aliphatic heterocycles. The number of phenolic OH excluding ortho intramolecular Hbond substituents is 1. The maximum Gasteiger partial charge on any atom is 0.120 e. The normalized spacial score (nSPS) is 19.7. The van der Waals surface area contributed by atoms with Gasteiger partial charge in [0.2, 0.25) is 0 Å². The maximum absolute atomic E-state index is 10.1. The van der Waals surface area contributed by atoms with Gasteiger partial charge < -0.3 is 10.4 Å². The van der Waals surface area contributed by atoms with Gasteiger partial charge in [-0.1, -0.05) is 51.3 Å². The van der Waals surface area contributed by atoms with Gasteiger partial charge in [-0.2, -0.15) is 0 Å². The first-order valence-corrected chi connectivity index (χ1v) is 8.30. The first-order chi connectivity index (χ1) is 9.76. The van der Waals surface area contributed by atoms with Crippen molar-refractivity contribution in [1.29, 1.82) is 0 Å². The smallest absolute Gasteiger partial charge is 0.120 e. The van der Waals surface area contributed by atoms with E-state index >= 15 is 0 Å². The quantitative estimate of drug-likeness (QED) is 0.782. The molecule has 2 nitrogen and oxygen atoms in total. The summed E-state index contributed by atoms with van der Waals surface area (Å²) in [6.07, 6.45) is 9.09. The molecule has 0 radical (unpaired) electrons. The first-order valence-electron chi connectivity index (χ1n) is 8.30. The SMILES string of the molecule is CCC(NC(CC)C1CCCCC1)c1ccccc1O. The van der Waals surface area contributed by atoms with Crippen LogP contribution in [-0.4, -0.2) is 11.1 Å². The predicted molar refractivity (Wildman–Crippen MR) is 84.9 cm³/mol.